The summed E-state index contributed by atoms with van der Waals surface area (Å²) in [6.45, 7) is 0.178. The molecule has 1 aliphatic rings. The summed E-state index contributed by atoms with van der Waals surface area (Å²) in [5.74, 6) is 2.05. The van der Waals surface area contributed by atoms with E-state index in [2.05, 4.69) is 10.5 Å². The highest BCUT2D eigenvalue weighted by Gasteiger charge is 2.17. The van der Waals surface area contributed by atoms with Crippen molar-refractivity contribution in [2.45, 2.75) is 0 Å². The molecule has 7 nitrogen and oxygen atoms in total. The molecule has 1 heterocycles. The third-order valence-corrected chi connectivity index (χ3v) is 3.32. The predicted octanol–water partition coefficient (Wildman–Crippen LogP) is 2.09. The summed E-state index contributed by atoms with van der Waals surface area (Å²) in [6, 6.07) is 10.5. The zero-order valence-corrected chi connectivity index (χ0v) is 12.4. The molecule has 3 N–H and O–H groups in total. The Kier molecular flexibility index (Phi) is 4.01. The lowest BCUT2D eigenvalue weighted by Gasteiger charge is -2.09. The molecule has 2 amide bonds. The fraction of sp³-hybridized carbons (Fsp3) is 0.125. The smallest absolute Gasteiger partial charge is 0.332 e. The Morgan fingerprint density at radius 1 is 1.26 bits per heavy atom. The molecule has 0 saturated heterocycles. The van der Waals surface area contributed by atoms with Crippen molar-refractivity contribution in [3.05, 3.63) is 42.0 Å². The van der Waals surface area contributed by atoms with Crippen molar-refractivity contribution in [3.8, 4) is 28.4 Å². The maximum absolute atomic E-state index is 10.7. The molecule has 0 bridgehead atoms. The number of hydrogen-bond acceptors (Lipinski definition) is 5. The fourth-order valence-electron chi connectivity index (χ4n) is 2.25. The number of carbonyl (C=O) groups excluding carboxylic acids is 1. The van der Waals surface area contributed by atoms with Crippen LogP contribution in [0.25, 0.3) is 11.1 Å². The second kappa shape index (κ2) is 6.27. The molecule has 0 spiro atoms. The topological polar surface area (TPSA) is 95.2 Å². The van der Waals surface area contributed by atoms with Gasteiger partial charge in [0.15, 0.2) is 11.5 Å². The summed E-state index contributed by atoms with van der Waals surface area (Å²) < 4.78 is 16.0. The summed E-state index contributed by atoms with van der Waals surface area (Å²) in [5.41, 5.74) is 9.77. The van der Waals surface area contributed by atoms with Crippen LogP contribution in [0.4, 0.5) is 4.79 Å². The number of fused-ring (bicyclic) bond motifs is 1. The van der Waals surface area contributed by atoms with Crippen LogP contribution in [0.3, 0.4) is 0 Å². The minimum Gasteiger partial charge on any atom is -0.497 e. The first kappa shape index (κ1) is 14.7. The molecule has 2 aromatic rings. The van der Waals surface area contributed by atoms with E-state index in [1.165, 1.54) is 6.21 Å². The van der Waals surface area contributed by atoms with E-state index in [9.17, 15) is 4.79 Å². The molecule has 0 atom stereocenters. The van der Waals surface area contributed by atoms with E-state index in [0.717, 1.165) is 22.4 Å². The number of amides is 2. The minimum atomic E-state index is -0.729. The lowest BCUT2D eigenvalue weighted by molar-refractivity contribution is 0.174. The van der Waals surface area contributed by atoms with Crippen molar-refractivity contribution in [3.63, 3.8) is 0 Å². The van der Waals surface area contributed by atoms with E-state index in [4.69, 9.17) is 19.9 Å². The third-order valence-electron chi connectivity index (χ3n) is 3.32. The molecule has 0 saturated carbocycles. The van der Waals surface area contributed by atoms with Gasteiger partial charge in [-0.2, -0.15) is 5.10 Å². The Labute approximate surface area is 132 Å². The number of primary amides is 1. The zero-order chi connectivity index (χ0) is 16.2. The zero-order valence-electron chi connectivity index (χ0n) is 12.4. The number of nitrogens with zero attached hydrogens (tertiary/aromatic N) is 1. The van der Waals surface area contributed by atoms with Crippen molar-refractivity contribution in [2.24, 2.45) is 10.8 Å². The number of rotatable bonds is 4. The lowest BCUT2D eigenvalue weighted by Crippen LogP contribution is -2.24. The molecule has 0 unspecified atom stereocenters. The van der Waals surface area contributed by atoms with Gasteiger partial charge in [-0.15, -0.1) is 0 Å². The first-order valence-corrected chi connectivity index (χ1v) is 6.84. The first-order valence-electron chi connectivity index (χ1n) is 6.84. The quantitative estimate of drug-likeness (QED) is 0.667. The number of benzene rings is 2. The van der Waals surface area contributed by atoms with Gasteiger partial charge in [-0.3, -0.25) is 0 Å². The average molecular weight is 313 g/mol. The van der Waals surface area contributed by atoms with E-state index in [-0.39, 0.29) is 6.79 Å². The molecule has 0 aromatic heterocycles. The molecule has 118 valence electrons. The van der Waals surface area contributed by atoms with Gasteiger partial charge in [-0.05, 0) is 35.4 Å². The second-order valence-corrected chi connectivity index (χ2v) is 4.76. The highest BCUT2D eigenvalue weighted by atomic mass is 16.7. The molecule has 23 heavy (non-hydrogen) atoms. The highest BCUT2D eigenvalue weighted by molar-refractivity contribution is 5.92. The van der Waals surface area contributed by atoms with Gasteiger partial charge in [0.2, 0.25) is 6.79 Å². The van der Waals surface area contributed by atoms with Gasteiger partial charge in [0.05, 0.1) is 13.3 Å². The second-order valence-electron chi connectivity index (χ2n) is 4.76. The van der Waals surface area contributed by atoms with Crippen LogP contribution in [-0.4, -0.2) is 26.1 Å². The molecule has 1 aliphatic heterocycles. The Hall–Kier alpha value is -3.22. The monoisotopic (exact) mass is 313 g/mol. The largest absolute Gasteiger partial charge is 0.497 e. The van der Waals surface area contributed by atoms with Gasteiger partial charge in [0.1, 0.15) is 5.75 Å². The summed E-state index contributed by atoms with van der Waals surface area (Å²) >= 11 is 0. The van der Waals surface area contributed by atoms with E-state index < -0.39 is 6.03 Å². The molecule has 0 aliphatic carbocycles. The molecule has 2 aromatic carbocycles. The summed E-state index contributed by atoms with van der Waals surface area (Å²) in [6.07, 6.45) is 1.51. The van der Waals surface area contributed by atoms with Gasteiger partial charge in [-0.1, -0.05) is 12.1 Å². The molecule has 0 radical (unpaired) electrons. The number of carbonyl (C=O) groups is 1. The van der Waals surface area contributed by atoms with Crippen LogP contribution >= 0.6 is 0 Å². The van der Waals surface area contributed by atoms with Crippen LogP contribution in [-0.2, 0) is 0 Å². The minimum absolute atomic E-state index is 0.178. The maximum Gasteiger partial charge on any atom is 0.332 e. The molecular weight excluding hydrogens is 298 g/mol. The van der Waals surface area contributed by atoms with Crippen molar-refractivity contribution in [2.75, 3.05) is 13.9 Å². The predicted molar refractivity (Wildman–Crippen MR) is 84.9 cm³/mol. The Morgan fingerprint density at radius 3 is 2.61 bits per heavy atom. The molecule has 0 fully saturated rings. The first-order chi connectivity index (χ1) is 11.2. The van der Waals surface area contributed by atoms with Crippen molar-refractivity contribution < 1.29 is 19.0 Å². The normalized spacial score (nSPS) is 12.4. The number of methoxy groups -OCH3 is 1. The Bertz CT molecular complexity index is 757. The van der Waals surface area contributed by atoms with Crippen LogP contribution in [0, 0.1) is 0 Å². The number of hydrazone groups is 1. The average Bonchev–Trinajstić information content (AvgIpc) is 3.01. The van der Waals surface area contributed by atoms with Crippen LogP contribution < -0.4 is 25.4 Å². The fourth-order valence-corrected chi connectivity index (χ4v) is 2.25. The SMILES string of the molecule is COc1ccc(-c2cc3c(cc2C=NNC(N)=O)OCO3)cc1. The maximum atomic E-state index is 10.7. The Morgan fingerprint density at radius 2 is 1.96 bits per heavy atom. The number of nitrogens with one attached hydrogen (secondary N) is 1. The number of ether oxygens (including phenoxy) is 3. The third kappa shape index (κ3) is 3.18. The number of nitrogens with two attached hydrogens (primary N) is 1. The standard InChI is InChI=1S/C16H15N3O4/c1-21-12-4-2-10(3-5-12)13-7-15-14(22-9-23-15)6-11(13)8-18-19-16(17)20/h2-8H,9H2,1H3,(H3,17,19,20). The Balaban J connectivity index is 2.02. The van der Waals surface area contributed by atoms with Gasteiger partial charge in [-0.25, -0.2) is 10.2 Å². The van der Waals surface area contributed by atoms with Crippen LogP contribution in [0.5, 0.6) is 17.2 Å². The van der Waals surface area contributed by atoms with Crippen molar-refractivity contribution in [1.29, 1.82) is 0 Å². The van der Waals surface area contributed by atoms with Crippen LogP contribution in [0.15, 0.2) is 41.5 Å². The van der Waals surface area contributed by atoms with Crippen LogP contribution in [0.1, 0.15) is 5.56 Å². The van der Waals surface area contributed by atoms with E-state index in [1.54, 1.807) is 13.2 Å². The van der Waals surface area contributed by atoms with Gasteiger partial charge in [0, 0.05) is 5.56 Å². The summed E-state index contributed by atoms with van der Waals surface area (Å²) in [4.78, 5) is 10.7. The molecule has 7 heteroatoms. The summed E-state index contributed by atoms with van der Waals surface area (Å²) in [7, 11) is 1.61. The molecular formula is C16H15N3O4. The van der Waals surface area contributed by atoms with Gasteiger partial charge >= 0.3 is 6.03 Å². The van der Waals surface area contributed by atoms with E-state index in [0.29, 0.717) is 11.5 Å². The highest BCUT2D eigenvalue weighted by Crippen LogP contribution is 2.38. The summed E-state index contributed by atoms with van der Waals surface area (Å²) in [5, 5.41) is 3.82. The van der Waals surface area contributed by atoms with Gasteiger partial charge in [0.25, 0.3) is 0 Å². The van der Waals surface area contributed by atoms with E-state index in [1.807, 2.05) is 30.3 Å². The molecule has 3 rings (SSSR count). The van der Waals surface area contributed by atoms with Crippen molar-refractivity contribution >= 4 is 12.2 Å². The van der Waals surface area contributed by atoms with Gasteiger partial charge < -0.3 is 19.9 Å². The lowest BCUT2D eigenvalue weighted by atomic mass is 9.99. The van der Waals surface area contributed by atoms with Crippen molar-refractivity contribution in [1.82, 2.24) is 5.43 Å². The van der Waals surface area contributed by atoms with E-state index >= 15 is 0 Å². The number of hydrogen-bond donors (Lipinski definition) is 2. The van der Waals surface area contributed by atoms with Crippen LogP contribution in [0.2, 0.25) is 0 Å². The number of urea groups is 1.